The minimum Gasteiger partial charge on any atom is -0.476 e. The van der Waals surface area contributed by atoms with Gasteiger partial charge in [-0.2, -0.15) is 8.78 Å². The van der Waals surface area contributed by atoms with Crippen LogP contribution in [0.25, 0.3) is 11.0 Å². The highest BCUT2D eigenvalue weighted by atomic mass is 19.3. The fourth-order valence-corrected chi connectivity index (χ4v) is 1.29. The van der Waals surface area contributed by atoms with Crippen molar-refractivity contribution in [2.45, 2.75) is 5.92 Å². The number of aliphatic carboxylic acids is 1. The summed E-state index contributed by atoms with van der Waals surface area (Å²) in [7, 11) is 0. The number of para-hydroxylation sites is 1. The van der Waals surface area contributed by atoms with E-state index in [1.807, 2.05) is 0 Å². The molecule has 0 aliphatic rings. The summed E-state index contributed by atoms with van der Waals surface area (Å²) in [6, 6.07) is 4.51. The molecule has 0 radical (unpaired) electrons. The van der Waals surface area contributed by atoms with E-state index in [1.165, 1.54) is 12.1 Å². The van der Waals surface area contributed by atoms with Crippen molar-refractivity contribution in [2.24, 2.45) is 0 Å². The molecule has 0 bridgehead atoms. The highest BCUT2D eigenvalue weighted by molar-refractivity contribution is 5.82. The number of carboxylic acid groups (broad SMARTS) is 1. The van der Waals surface area contributed by atoms with E-state index in [9.17, 15) is 18.0 Å². The predicted molar refractivity (Wildman–Crippen MR) is 47.7 cm³/mol. The predicted octanol–water partition coefficient (Wildman–Crippen LogP) is 2.75. The summed E-state index contributed by atoms with van der Waals surface area (Å²) in [5.41, 5.74) is -0.376. The number of fused-ring (bicyclic) bond motifs is 1. The van der Waals surface area contributed by atoms with Crippen LogP contribution in [-0.2, 0) is 10.7 Å². The molecular formula is C10H5F3O3. The third-order valence-electron chi connectivity index (χ3n) is 2.07. The van der Waals surface area contributed by atoms with E-state index in [0.29, 0.717) is 0 Å². The lowest BCUT2D eigenvalue weighted by Crippen LogP contribution is -2.24. The maximum Gasteiger partial charge on any atom is 0.399 e. The van der Waals surface area contributed by atoms with Crippen molar-refractivity contribution in [3.63, 3.8) is 0 Å². The molecule has 3 nitrogen and oxygen atoms in total. The quantitative estimate of drug-likeness (QED) is 0.862. The lowest BCUT2D eigenvalue weighted by atomic mass is 10.2. The molecule has 0 saturated carbocycles. The molecule has 1 aromatic carbocycles. The van der Waals surface area contributed by atoms with Gasteiger partial charge < -0.3 is 9.52 Å². The van der Waals surface area contributed by atoms with Gasteiger partial charge in [0.2, 0.25) is 0 Å². The Bertz CT molecular complexity index is 559. The van der Waals surface area contributed by atoms with Crippen LogP contribution in [0.15, 0.2) is 28.7 Å². The third kappa shape index (κ3) is 1.42. The maximum absolute atomic E-state index is 13.1. The molecule has 0 fully saturated rings. The summed E-state index contributed by atoms with van der Waals surface area (Å²) in [6.07, 6.45) is 0. The summed E-state index contributed by atoms with van der Waals surface area (Å²) < 4.78 is 43.7. The first-order chi connectivity index (χ1) is 7.43. The molecule has 0 unspecified atom stereocenters. The lowest BCUT2D eigenvalue weighted by Gasteiger charge is -2.05. The van der Waals surface area contributed by atoms with E-state index in [-0.39, 0.29) is 11.0 Å². The number of hydrogen-bond donors (Lipinski definition) is 1. The second-order valence-electron chi connectivity index (χ2n) is 3.15. The van der Waals surface area contributed by atoms with Gasteiger partial charge in [0, 0.05) is 5.39 Å². The fourth-order valence-electron chi connectivity index (χ4n) is 1.29. The van der Waals surface area contributed by atoms with Gasteiger partial charge in [-0.25, -0.2) is 9.18 Å². The topological polar surface area (TPSA) is 50.4 Å². The molecule has 0 amide bonds. The number of rotatable bonds is 2. The van der Waals surface area contributed by atoms with E-state index in [4.69, 9.17) is 5.11 Å². The van der Waals surface area contributed by atoms with E-state index >= 15 is 0 Å². The van der Waals surface area contributed by atoms with Crippen molar-refractivity contribution in [3.8, 4) is 0 Å². The summed E-state index contributed by atoms with van der Waals surface area (Å²) in [4.78, 5) is 10.3. The summed E-state index contributed by atoms with van der Waals surface area (Å²) in [5.74, 6) is -8.40. The molecule has 0 atom stereocenters. The second kappa shape index (κ2) is 3.26. The Hall–Kier alpha value is -1.98. The van der Waals surface area contributed by atoms with Gasteiger partial charge in [0.15, 0.2) is 17.2 Å². The number of furan rings is 1. The molecule has 0 aliphatic carbocycles. The van der Waals surface area contributed by atoms with Crippen molar-refractivity contribution in [1.82, 2.24) is 0 Å². The van der Waals surface area contributed by atoms with Gasteiger partial charge in [-0.1, -0.05) is 12.1 Å². The van der Waals surface area contributed by atoms with Gasteiger partial charge >= 0.3 is 11.9 Å². The van der Waals surface area contributed by atoms with Crippen molar-refractivity contribution >= 4 is 16.9 Å². The largest absolute Gasteiger partial charge is 0.476 e. The Morgan fingerprint density at radius 1 is 1.38 bits per heavy atom. The summed E-state index contributed by atoms with van der Waals surface area (Å²) in [6.45, 7) is 0. The van der Waals surface area contributed by atoms with Crippen LogP contribution in [0.3, 0.4) is 0 Å². The molecule has 1 N–H and O–H groups in total. The van der Waals surface area contributed by atoms with Crippen LogP contribution in [0.5, 0.6) is 0 Å². The highest BCUT2D eigenvalue weighted by Crippen LogP contribution is 2.33. The smallest absolute Gasteiger partial charge is 0.399 e. The Morgan fingerprint density at radius 3 is 2.62 bits per heavy atom. The van der Waals surface area contributed by atoms with Gasteiger partial charge in [-0.15, -0.1) is 0 Å². The monoisotopic (exact) mass is 230 g/mol. The first-order valence-electron chi connectivity index (χ1n) is 4.22. The molecule has 2 aromatic rings. The number of halogens is 3. The lowest BCUT2D eigenvalue weighted by molar-refractivity contribution is -0.168. The molecule has 2 rings (SSSR count). The Balaban J connectivity index is 2.64. The molecule has 84 valence electrons. The Morgan fingerprint density at radius 2 is 2.06 bits per heavy atom. The van der Waals surface area contributed by atoms with Gasteiger partial charge in [0.25, 0.3) is 0 Å². The fraction of sp³-hybridized carbons (Fsp3) is 0.100. The zero-order valence-corrected chi connectivity index (χ0v) is 7.71. The SMILES string of the molecule is O=C(O)C(F)(F)c1cc2cccc(F)c2o1. The van der Waals surface area contributed by atoms with Gasteiger partial charge in [0.05, 0.1) is 0 Å². The molecule has 16 heavy (non-hydrogen) atoms. The van der Waals surface area contributed by atoms with Crippen LogP contribution in [0.4, 0.5) is 13.2 Å². The highest BCUT2D eigenvalue weighted by Gasteiger charge is 2.44. The van der Waals surface area contributed by atoms with Gasteiger partial charge in [0.1, 0.15) is 0 Å². The van der Waals surface area contributed by atoms with Gasteiger partial charge in [-0.3, -0.25) is 0 Å². The molecule has 0 saturated heterocycles. The van der Waals surface area contributed by atoms with Crippen LogP contribution >= 0.6 is 0 Å². The Labute approximate surface area is 87.1 Å². The van der Waals surface area contributed by atoms with Crippen LogP contribution in [0.2, 0.25) is 0 Å². The van der Waals surface area contributed by atoms with Crippen molar-refractivity contribution in [3.05, 3.63) is 35.8 Å². The standard InChI is InChI=1S/C10H5F3O3/c11-6-3-1-2-5-4-7(16-8(5)6)10(12,13)9(14)15/h1-4H,(H,14,15). The van der Waals surface area contributed by atoms with Crippen molar-refractivity contribution < 1.29 is 27.5 Å². The second-order valence-corrected chi connectivity index (χ2v) is 3.15. The van der Waals surface area contributed by atoms with E-state index in [2.05, 4.69) is 4.42 Å². The average molecular weight is 230 g/mol. The average Bonchev–Trinajstić information content (AvgIpc) is 2.63. The van der Waals surface area contributed by atoms with E-state index in [0.717, 1.165) is 12.1 Å². The first-order valence-corrected chi connectivity index (χ1v) is 4.22. The number of benzene rings is 1. The molecular weight excluding hydrogens is 225 g/mol. The van der Waals surface area contributed by atoms with Gasteiger partial charge in [-0.05, 0) is 12.1 Å². The normalized spacial score (nSPS) is 11.9. The zero-order valence-electron chi connectivity index (χ0n) is 7.71. The minimum atomic E-state index is -4.16. The summed E-state index contributed by atoms with van der Waals surface area (Å²) in [5, 5.41) is 8.38. The van der Waals surface area contributed by atoms with Crippen molar-refractivity contribution in [1.29, 1.82) is 0 Å². The zero-order chi connectivity index (χ0) is 11.9. The first kappa shape index (κ1) is 10.5. The molecule has 6 heteroatoms. The number of hydrogen-bond acceptors (Lipinski definition) is 2. The minimum absolute atomic E-state index is 0.0934. The van der Waals surface area contributed by atoms with E-state index < -0.39 is 23.5 Å². The van der Waals surface area contributed by atoms with Crippen LogP contribution < -0.4 is 0 Å². The maximum atomic E-state index is 13.1. The van der Waals surface area contributed by atoms with Crippen LogP contribution in [0.1, 0.15) is 5.76 Å². The molecule has 1 heterocycles. The summed E-state index contributed by atoms with van der Waals surface area (Å²) >= 11 is 0. The van der Waals surface area contributed by atoms with Crippen LogP contribution in [0, 0.1) is 5.82 Å². The number of carbonyl (C=O) groups is 1. The molecule has 0 aliphatic heterocycles. The third-order valence-corrected chi connectivity index (χ3v) is 2.07. The van der Waals surface area contributed by atoms with E-state index in [1.54, 1.807) is 0 Å². The Kier molecular flexibility index (Phi) is 2.15. The van der Waals surface area contributed by atoms with Crippen molar-refractivity contribution in [2.75, 3.05) is 0 Å². The number of alkyl halides is 2. The number of carboxylic acids is 1. The molecule has 0 spiro atoms. The molecule has 1 aromatic heterocycles. The van der Waals surface area contributed by atoms with Crippen LogP contribution in [-0.4, -0.2) is 11.1 Å².